The van der Waals surface area contributed by atoms with E-state index in [1.165, 1.54) is 18.5 Å². The molecule has 0 N–H and O–H groups in total. The molecule has 0 aliphatic carbocycles. The Morgan fingerprint density at radius 2 is 1.86 bits per heavy atom. The zero-order valence-electron chi connectivity index (χ0n) is 16.5. The fraction of sp³-hybridized carbons (Fsp3) is 0.545. The van der Waals surface area contributed by atoms with Crippen molar-refractivity contribution in [1.29, 1.82) is 0 Å². The van der Waals surface area contributed by atoms with Crippen molar-refractivity contribution in [3.05, 3.63) is 41.7 Å². The molecule has 0 bridgehead atoms. The number of ether oxygens (including phenoxy) is 1. The van der Waals surface area contributed by atoms with Gasteiger partial charge in [0.05, 0.1) is 29.2 Å². The zero-order chi connectivity index (χ0) is 19.1. The van der Waals surface area contributed by atoms with Crippen LogP contribution >= 0.6 is 0 Å². The number of hydrogen-bond acceptors (Lipinski definition) is 4. The molecular formula is C22H28N4O2. The number of carbonyl (C=O) groups excluding carboxylic acids is 1. The fourth-order valence-electron chi connectivity index (χ4n) is 5.02. The monoisotopic (exact) mass is 380 g/mol. The van der Waals surface area contributed by atoms with Gasteiger partial charge in [-0.15, -0.1) is 0 Å². The van der Waals surface area contributed by atoms with Crippen LogP contribution < -0.4 is 9.80 Å². The Hall–Kier alpha value is -2.34. The van der Waals surface area contributed by atoms with Crippen molar-refractivity contribution in [2.45, 2.75) is 51.1 Å². The highest BCUT2D eigenvalue weighted by Crippen LogP contribution is 2.39. The van der Waals surface area contributed by atoms with E-state index >= 15 is 0 Å². The molecule has 0 saturated carbocycles. The van der Waals surface area contributed by atoms with Crippen molar-refractivity contribution < 1.29 is 9.53 Å². The lowest BCUT2D eigenvalue weighted by atomic mass is 9.96. The average Bonchev–Trinajstić information content (AvgIpc) is 3.14. The van der Waals surface area contributed by atoms with Crippen LogP contribution in [0, 0.1) is 6.92 Å². The lowest BCUT2D eigenvalue weighted by Crippen LogP contribution is -2.53. The van der Waals surface area contributed by atoms with Gasteiger partial charge in [-0.1, -0.05) is 12.1 Å². The number of benzene rings is 1. The summed E-state index contributed by atoms with van der Waals surface area (Å²) in [4.78, 5) is 18.1. The minimum Gasteiger partial charge on any atom is -0.381 e. The first-order valence-corrected chi connectivity index (χ1v) is 10.5. The molecule has 6 nitrogen and oxygen atoms in total. The quantitative estimate of drug-likeness (QED) is 0.799. The van der Waals surface area contributed by atoms with Crippen LogP contribution in [-0.2, 0) is 4.74 Å². The maximum Gasteiger partial charge on any atom is 0.261 e. The van der Waals surface area contributed by atoms with Crippen molar-refractivity contribution in [1.82, 2.24) is 9.78 Å². The molecule has 3 aliphatic heterocycles. The van der Waals surface area contributed by atoms with Crippen LogP contribution in [0.1, 0.15) is 54.2 Å². The van der Waals surface area contributed by atoms with Crippen LogP contribution in [0.2, 0.25) is 0 Å². The average molecular weight is 380 g/mol. The van der Waals surface area contributed by atoms with Gasteiger partial charge >= 0.3 is 0 Å². The number of hydrogen-bond donors (Lipinski definition) is 0. The zero-order valence-corrected chi connectivity index (χ0v) is 16.5. The number of piperidine rings is 1. The predicted octanol–water partition coefficient (Wildman–Crippen LogP) is 3.56. The van der Waals surface area contributed by atoms with Gasteiger partial charge < -0.3 is 14.5 Å². The highest BCUT2D eigenvalue weighted by Gasteiger charge is 2.36. The van der Waals surface area contributed by atoms with Crippen LogP contribution in [0.25, 0.3) is 0 Å². The fourth-order valence-corrected chi connectivity index (χ4v) is 5.02. The third kappa shape index (κ3) is 2.91. The summed E-state index contributed by atoms with van der Waals surface area (Å²) in [6, 6.07) is 9.09. The van der Waals surface area contributed by atoms with Gasteiger partial charge in [0.1, 0.15) is 0 Å². The second kappa shape index (κ2) is 7.24. The highest BCUT2D eigenvalue weighted by molar-refractivity contribution is 6.09. The maximum absolute atomic E-state index is 13.6. The van der Waals surface area contributed by atoms with Gasteiger partial charge in [-0.05, 0) is 51.2 Å². The molecule has 2 fully saturated rings. The summed E-state index contributed by atoms with van der Waals surface area (Å²) in [5, 5.41) is 4.60. The molecule has 1 atom stereocenters. The van der Waals surface area contributed by atoms with Gasteiger partial charge in [-0.3, -0.25) is 9.48 Å². The molecule has 1 unspecified atom stereocenters. The molecule has 28 heavy (non-hydrogen) atoms. The summed E-state index contributed by atoms with van der Waals surface area (Å²) in [6.45, 7) is 5.41. The van der Waals surface area contributed by atoms with E-state index in [0.717, 1.165) is 62.5 Å². The van der Waals surface area contributed by atoms with Crippen LogP contribution in [0.5, 0.6) is 0 Å². The second-order valence-electron chi connectivity index (χ2n) is 8.18. The van der Waals surface area contributed by atoms with Crippen molar-refractivity contribution in [2.24, 2.45) is 0 Å². The molecular weight excluding hydrogens is 352 g/mol. The minimum absolute atomic E-state index is 0.0773. The van der Waals surface area contributed by atoms with Crippen molar-refractivity contribution in [2.75, 3.05) is 36.1 Å². The number of fused-ring (bicyclic) bond motifs is 3. The summed E-state index contributed by atoms with van der Waals surface area (Å²) in [5.41, 5.74) is 3.93. The first kappa shape index (κ1) is 17.7. The Morgan fingerprint density at radius 3 is 2.68 bits per heavy atom. The molecule has 2 saturated heterocycles. The number of para-hydroxylation sites is 2. The minimum atomic E-state index is 0.0773. The molecule has 1 aromatic heterocycles. The molecule has 0 spiro atoms. The highest BCUT2D eigenvalue weighted by atomic mass is 16.5. The number of rotatable bonds is 2. The van der Waals surface area contributed by atoms with Crippen molar-refractivity contribution in [3.63, 3.8) is 0 Å². The molecule has 6 heteroatoms. The van der Waals surface area contributed by atoms with Crippen LogP contribution in [-0.4, -0.2) is 48.0 Å². The molecule has 148 valence electrons. The Kier molecular flexibility index (Phi) is 4.59. The predicted molar refractivity (Wildman–Crippen MR) is 109 cm³/mol. The standard InChI is InChI=1S/C22H28N4O2/c1-16-19(14-23-26(16)17-9-12-28-13-10-17)22(27)25-15-18-6-4-5-11-24(18)20-7-2-3-8-21(20)25/h2-3,7-8,14,17-18H,4-6,9-13,15H2,1H3. The van der Waals surface area contributed by atoms with E-state index in [1.807, 2.05) is 22.6 Å². The Morgan fingerprint density at radius 1 is 1.07 bits per heavy atom. The van der Waals surface area contributed by atoms with Crippen LogP contribution in [0.15, 0.2) is 30.5 Å². The normalized spacial score (nSPS) is 22.7. The molecule has 4 heterocycles. The lowest BCUT2D eigenvalue weighted by Gasteiger charge is -2.46. The van der Waals surface area contributed by atoms with Gasteiger partial charge in [0.2, 0.25) is 0 Å². The van der Waals surface area contributed by atoms with E-state index in [1.54, 1.807) is 6.20 Å². The molecule has 1 amide bonds. The van der Waals surface area contributed by atoms with Gasteiger partial charge in [0.25, 0.3) is 5.91 Å². The van der Waals surface area contributed by atoms with E-state index in [2.05, 4.69) is 28.2 Å². The smallest absolute Gasteiger partial charge is 0.261 e. The van der Waals surface area contributed by atoms with Gasteiger partial charge in [0, 0.05) is 38.0 Å². The number of carbonyl (C=O) groups is 1. The van der Waals surface area contributed by atoms with Gasteiger partial charge in [-0.2, -0.15) is 5.10 Å². The topological polar surface area (TPSA) is 50.6 Å². The van der Waals surface area contributed by atoms with Gasteiger partial charge in [-0.25, -0.2) is 0 Å². The third-order valence-electron chi connectivity index (χ3n) is 6.56. The van der Waals surface area contributed by atoms with Crippen LogP contribution in [0.4, 0.5) is 11.4 Å². The summed E-state index contributed by atoms with van der Waals surface area (Å²) in [5.74, 6) is 0.0773. The molecule has 1 aromatic carbocycles. The number of nitrogens with zero attached hydrogens (tertiary/aromatic N) is 4. The number of amides is 1. The van der Waals surface area contributed by atoms with E-state index < -0.39 is 0 Å². The molecule has 2 aromatic rings. The number of aromatic nitrogens is 2. The Bertz CT molecular complexity index is 871. The maximum atomic E-state index is 13.6. The summed E-state index contributed by atoms with van der Waals surface area (Å²) in [6.07, 6.45) is 7.31. The largest absolute Gasteiger partial charge is 0.381 e. The Balaban J connectivity index is 1.47. The Labute approximate surface area is 166 Å². The second-order valence-corrected chi connectivity index (χ2v) is 8.18. The molecule has 0 radical (unpaired) electrons. The third-order valence-corrected chi connectivity index (χ3v) is 6.56. The molecule has 5 rings (SSSR count). The molecule has 3 aliphatic rings. The summed E-state index contributed by atoms with van der Waals surface area (Å²) in [7, 11) is 0. The lowest BCUT2D eigenvalue weighted by molar-refractivity contribution is 0.0656. The van der Waals surface area contributed by atoms with E-state index in [-0.39, 0.29) is 5.91 Å². The van der Waals surface area contributed by atoms with E-state index in [0.29, 0.717) is 12.1 Å². The first-order chi connectivity index (χ1) is 13.7. The van der Waals surface area contributed by atoms with Crippen molar-refractivity contribution >= 4 is 17.3 Å². The van der Waals surface area contributed by atoms with Gasteiger partial charge in [0.15, 0.2) is 0 Å². The van der Waals surface area contributed by atoms with Crippen molar-refractivity contribution in [3.8, 4) is 0 Å². The summed E-state index contributed by atoms with van der Waals surface area (Å²) >= 11 is 0. The SMILES string of the molecule is Cc1c(C(=O)N2CC3CCCCN3c3ccccc32)cnn1C1CCOCC1. The number of anilines is 2. The van der Waals surface area contributed by atoms with E-state index in [4.69, 9.17) is 4.74 Å². The van der Waals surface area contributed by atoms with E-state index in [9.17, 15) is 4.79 Å². The van der Waals surface area contributed by atoms with Crippen LogP contribution in [0.3, 0.4) is 0 Å². The summed E-state index contributed by atoms with van der Waals surface area (Å²) < 4.78 is 7.52. The first-order valence-electron chi connectivity index (χ1n) is 10.5.